The van der Waals surface area contributed by atoms with Gasteiger partial charge in [0.1, 0.15) is 0 Å². The van der Waals surface area contributed by atoms with E-state index in [1.165, 1.54) is 12.0 Å². The summed E-state index contributed by atoms with van der Waals surface area (Å²) in [6.07, 6.45) is 4.41. The zero-order valence-corrected chi connectivity index (χ0v) is 13.4. The Morgan fingerprint density at radius 1 is 1.43 bits per heavy atom. The first-order valence-corrected chi connectivity index (χ1v) is 7.92. The van der Waals surface area contributed by atoms with Crippen molar-refractivity contribution in [3.05, 3.63) is 34.9 Å². The summed E-state index contributed by atoms with van der Waals surface area (Å²) in [5.74, 6) is 0.582. The van der Waals surface area contributed by atoms with Gasteiger partial charge in [-0.3, -0.25) is 4.79 Å². The minimum absolute atomic E-state index is 0.0202. The molecule has 1 saturated carbocycles. The van der Waals surface area contributed by atoms with Crippen LogP contribution in [-0.2, 0) is 11.2 Å². The van der Waals surface area contributed by atoms with E-state index >= 15 is 0 Å². The van der Waals surface area contributed by atoms with Crippen molar-refractivity contribution in [2.45, 2.75) is 58.4 Å². The van der Waals surface area contributed by atoms with E-state index in [-0.39, 0.29) is 12.5 Å². The maximum Gasteiger partial charge on any atom is 0.224 e. The third-order valence-corrected chi connectivity index (χ3v) is 4.65. The van der Waals surface area contributed by atoms with Gasteiger partial charge in [0.05, 0.1) is 18.6 Å². The molecule has 0 spiro atoms. The summed E-state index contributed by atoms with van der Waals surface area (Å²) in [4.78, 5) is 12.4. The third-order valence-electron chi connectivity index (χ3n) is 4.65. The number of hydrogen-bond donors (Lipinski definition) is 2. The monoisotopic (exact) mass is 289 g/mol. The van der Waals surface area contributed by atoms with Gasteiger partial charge in [-0.1, -0.05) is 43.5 Å². The molecule has 0 bridgehead atoms. The summed E-state index contributed by atoms with van der Waals surface area (Å²) in [6.45, 7) is 6.31. The van der Waals surface area contributed by atoms with Gasteiger partial charge in [-0.15, -0.1) is 0 Å². The molecule has 1 fully saturated rings. The van der Waals surface area contributed by atoms with E-state index in [4.69, 9.17) is 0 Å². The van der Waals surface area contributed by atoms with Crippen LogP contribution >= 0.6 is 0 Å². The van der Waals surface area contributed by atoms with Crippen molar-refractivity contribution in [2.24, 2.45) is 5.92 Å². The Morgan fingerprint density at radius 3 is 2.86 bits per heavy atom. The minimum atomic E-state index is -0.410. The van der Waals surface area contributed by atoms with Crippen molar-refractivity contribution in [3.8, 4) is 0 Å². The minimum Gasteiger partial charge on any atom is -0.394 e. The van der Waals surface area contributed by atoms with E-state index in [1.54, 1.807) is 0 Å². The molecule has 2 atom stereocenters. The van der Waals surface area contributed by atoms with Crippen molar-refractivity contribution >= 4 is 5.91 Å². The number of aryl methyl sites for hydroxylation is 2. The quantitative estimate of drug-likeness (QED) is 0.895. The van der Waals surface area contributed by atoms with Gasteiger partial charge in [0.25, 0.3) is 0 Å². The van der Waals surface area contributed by atoms with Crippen LogP contribution in [0.3, 0.4) is 0 Å². The number of hydrogen-bond acceptors (Lipinski definition) is 2. The zero-order chi connectivity index (χ0) is 15.5. The van der Waals surface area contributed by atoms with E-state index in [0.717, 1.165) is 30.4 Å². The number of carbonyl (C=O) groups is 1. The molecule has 3 nitrogen and oxygen atoms in total. The molecule has 0 radical (unpaired) electrons. The highest BCUT2D eigenvalue weighted by Gasteiger charge is 2.35. The number of benzene rings is 1. The number of aliphatic hydroxyl groups excluding tert-OH is 1. The summed E-state index contributed by atoms with van der Waals surface area (Å²) in [5, 5.41) is 12.9. The van der Waals surface area contributed by atoms with Gasteiger partial charge in [0.2, 0.25) is 5.91 Å². The standard InChI is InChI=1S/C18H27NO2/c1-13-6-7-15(3)16(9-13)10-17(21)19-18(12-20)8-4-5-14(2)11-18/h6-7,9,14,20H,4-5,8,10-12H2,1-3H3,(H,19,21). The molecular weight excluding hydrogens is 262 g/mol. The van der Waals surface area contributed by atoms with Crippen molar-refractivity contribution in [2.75, 3.05) is 6.61 Å². The molecule has 0 aromatic heterocycles. The first kappa shape index (κ1) is 16.0. The SMILES string of the molecule is Cc1ccc(C)c(CC(=O)NC2(CO)CCCC(C)C2)c1. The second-order valence-corrected chi connectivity index (χ2v) is 6.79. The van der Waals surface area contributed by atoms with Gasteiger partial charge >= 0.3 is 0 Å². The summed E-state index contributed by atoms with van der Waals surface area (Å²) in [6, 6.07) is 6.20. The van der Waals surface area contributed by atoms with Crippen LogP contribution in [0.2, 0.25) is 0 Å². The lowest BCUT2D eigenvalue weighted by molar-refractivity contribution is -0.123. The van der Waals surface area contributed by atoms with Gasteiger partial charge in [0, 0.05) is 0 Å². The molecule has 0 aliphatic heterocycles. The molecule has 0 saturated heterocycles. The van der Waals surface area contributed by atoms with Crippen LogP contribution in [-0.4, -0.2) is 23.2 Å². The highest BCUT2D eigenvalue weighted by Crippen LogP contribution is 2.32. The maximum atomic E-state index is 12.4. The zero-order valence-electron chi connectivity index (χ0n) is 13.4. The third kappa shape index (κ3) is 4.07. The highest BCUT2D eigenvalue weighted by molar-refractivity contribution is 5.79. The first-order chi connectivity index (χ1) is 9.94. The predicted molar refractivity (Wildman–Crippen MR) is 85.2 cm³/mol. The first-order valence-electron chi connectivity index (χ1n) is 7.92. The van der Waals surface area contributed by atoms with E-state index in [1.807, 2.05) is 13.8 Å². The molecule has 1 aliphatic rings. The van der Waals surface area contributed by atoms with Crippen LogP contribution in [0, 0.1) is 19.8 Å². The fraction of sp³-hybridized carbons (Fsp3) is 0.611. The molecule has 116 valence electrons. The van der Waals surface area contributed by atoms with Crippen molar-refractivity contribution in [3.63, 3.8) is 0 Å². The Hall–Kier alpha value is -1.35. The average molecular weight is 289 g/mol. The van der Waals surface area contributed by atoms with E-state index < -0.39 is 5.54 Å². The highest BCUT2D eigenvalue weighted by atomic mass is 16.3. The number of aliphatic hydroxyl groups is 1. The molecule has 1 aromatic carbocycles. The average Bonchev–Trinajstić information content (AvgIpc) is 2.43. The summed E-state index contributed by atoms with van der Waals surface area (Å²) in [5.41, 5.74) is 2.98. The van der Waals surface area contributed by atoms with Gasteiger partial charge in [0.15, 0.2) is 0 Å². The molecule has 1 aliphatic carbocycles. The van der Waals surface area contributed by atoms with E-state index in [0.29, 0.717) is 12.3 Å². The van der Waals surface area contributed by atoms with Crippen LogP contribution in [0.25, 0.3) is 0 Å². The lowest BCUT2D eigenvalue weighted by Gasteiger charge is -2.39. The summed E-state index contributed by atoms with van der Waals surface area (Å²) >= 11 is 0. The number of carbonyl (C=O) groups excluding carboxylic acids is 1. The predicted octanol–water partition coefficient (Wildman–Crippen LogP) is 2.90. The van der Waals surface area contributed by atoms with Crippen LogP contribution in [0.4, 0.5) is 0 Å². The molecule has 2 N–H and O–H groups in total. The fourth-order valence-electron chi connectivity index (χ4n) is 3.46. The van der Waals surface area contributed by atoms with Crippen LogP contribution in [0.15, 0.2) is 18.2 Å². The topological polar surface area (TPSA) is 49.3 Å². The Morgan fingerprint density at radius 2 is 2.19 bits per heavy atom. The normalized spacial score (nSPS) is 25.6. The van der Waals surface area contributed by atoms with Crippen LogP contribution < -0.4 is 5.32 Å². The largest absolute Gasteiger partial charge is 0.394 e. The van der Waals surface area contributed by atoms with E-state index in [9.17, 15) is 9.90 Å². The molecule has 0 heterocycles. The Labute approximate surface area is 127 Å². The molecular formula is C18H27NO2. The van der Waals surface area contributed by atoms with Gasteiger partial charge in [-0.05, 0) is 43.7 Å². The molecule has 1 amide bonds. The lowest BCUT2D eigenvalue weighted by Crippen LogP contribution is -2.54. The van der Waals surface area contributed by atoms with Gasteiger partial charge in [-0.2, -0.15) is 0 Å². The van der Waals surface area contributed by atoms with Gasteiger partial charge < -0.3 is 10.4 Å². The second kappa shape index (κ2) is 6.61. The second-order valence-electron chi connectivity index (χ2n) is 6.79. The summed E-state index contributed by atoms with van der Waals surface area (Å²) in [7, 11) is 0. The number of rotatable bonds is 4. The van der Waals surface area contributed by atoms with E-state index in [2.05, 4.69) is 30.4 Å². The lowest BCUT2D eigenvalue weighted by atomic mass is 9.76. The Bertz CT molecular complexity index is 512. The smallest absolute Gasteiger partial charge is 0.224 e. The Balaban J connectivity index is 2.04. The maximum absolute atomic E-state index is 12.4. The number of amides is 1. The molecule has 1 aromatic rings. The van der Waals surface area contributed by atoms with Gasteiger partial charge in [-0.25, -0.2) is 0 Å². The summed E-state index contributed by atoms with van der Waals surface area (Å²) < 4.78 is 0. The fourth-order valence-corrected chi connectivity index (χ4v) is 3.46. The molecule has 2 rings (SSSR count). The van der Waals surface area contributed by atoms with Crippen molar-refractivity contribution in [1.82, 2.24) is 5.32 Å². The van der Waals surface area contributed by atoms with Crippen LogP contribution in [0.5, 0.6) is 0 Å². The Kier molecular flexibility index (Phi) is 5.04. The molecule has 3 heteroatoms. The molecule has 21 heavy (non-hydrogen) atoms. The number of nitrogens with one attached hydrogen (secondary N) is 1. The molecule has 2 unspecified atom stereocenters. The van der Waals surface area contributed by atoms with Crippen molar-refractivity contribution < 1.29 is 9.90 Å². The van der Waals surface area contributed by atoms with Crippen LogP contribution in [0.1, 0.15) is 49.3 Å². The van der Waals surface area contributed by atoms with Crippen molar-refractivity contribution in [1.29, 1.82) is 0 Å².